The van der Waals surface area contributed by atoms with Gasteiger partial charge >= 0.3 is 0 Å². The fourth-order valence-electron chi connectivity index (χ4n) is 3.93. The first-order chi connectivity index (χ1) is 17.2. The van der Waals surface area contributed by atoms with Gasteiger partial charge in [0.15, 0.2) is 0 Å². The zero-order chi connectivity index (χ0) is 25.9. The lowest BCUT2D eigenvalue weighted by atomic mass is 10.1. The van der Waals surface area contributed by atoms with Crippen molar-refractivity contribution in [3.05, 3.63) is 82.3 Å². The van der Waals surface area contributed by atoms with Gasteiger partial charge in [-0.25, -0.2) is 8.42 Å². The normalized spacial score (nSPS) is 15.2. The summed E-state index contributed by atoms with van der Waals surface area (Å²) in [6.07, 6.45) is 1.27. The molecule has 1 aliphatic rings. The number of hydrogen-bond acceptors (Lipinski definition) is 5. The van der Waals surface area contributed by atoms with E-state index in [2.05, 4.69) is 10.6 Å². The minimum Gasteiger partial charge on any atom is -0.330 e. The second kappa shape index (κ2) is 10.9. The van der Waals surface area contributed by atoms with Gasteiger partial charge in [-0.05, 0) is 67.4 Å². The van der Waals surface area contributed by atoms with E-state index in [0.29, 0.717) is 17.9 Å². The summed E-state index contributed by atoms with van der Waals surface area (Å²) in [6, 6.07) is 16.3. The predicted octanol–water partition coefficient (Wildman–Crippen LogP) is 4.43. The molecule has 3 aromatic carbocycles. The highest BCUT2D eigenvalue weighted by Crippen LogP contribution is 2.38. The Morgan fingerprint density at radius 3 is 2.44 bits per heavy atom. The molecule has 3 aromatic rings. The van der Waals surface area contributed by atoms with Gasteiger partial charge in [0.05, 0.1) is 32.7 Å². The van der Waals surface area contributed by atoms with E-state index < -0.39 is 34.3 Å². The maximum absolute atomic E-state index is 13.7. The van der Waals surface area contributed by atoms with Crippen molar-refractivity contribution in [2.75, 3.05) is 21.5 Å². The molecule has 36 heavy (non-hydrogen) atoms. The Labute approximate surface area is 219 Å². The maximum atomic E-state index is 13.7. The van der Waals surface area contributed by atoms with E-state index in [9.17, 15) is 18.0 Å². The first kappa shape index (κ1) is 26.0. The van der Waals surface area contributed by atoms with Crippen LogP contribution in [0.15, 0.2) is 71.6 Å². The average Bonchev–Trinajstić information content (AvgIpc) is 2.85. The molecule has 11 heteroatoms. The Hall–Kier alpha value is -3.11. The first-order valence-electron chi connectivity index (χ1n) is 11.2. The third-order valence-electron chi connectivity index (χ3n) is 5.72. The van der Waals surface area contributed by atoms with Crippen molar-refractivity contribution in [1.29, 1.82) is 0 Å². The summed E-state index contributed by atoms with van der Waals surface area (Å²) in [7, 11) is -4.29. The summed E-state index contributed by atoms with van der Waals surface area (Å²) < 4.78 is 28.4. The molecule has 0 saturated heterocycles. The van der Waals surface area contributed by atoms with Gasteiger partial charge in [0.1, 0.15) is 6.04 Å². The van der Waals surface area contributed by atoms with Crippen LogP contribution in [-0.2, 0) is 26.0 Å². The lowest BCUT2D eigenvalue weighted by molar-refractivity contribution is -0.122. The third-order valence-corrected chi connectivity index (χ3v) is 8.28. The number of nitrogens with zero attached hydrogens (tertiary/aromatic N) is 1. The zero-order valence-electron chi connectivity index (χ0n) is 19.1. The van der Waals surface area contributed by atoms with Gasteiger partial charge in [0.2, 0.25) is 11.8 Å². The van der Waals surface area contributed by atoms with Crippen LogP contribution in [0.4, 0.5) is 17.1 Å². The number of fused-ring (bicyclic) bond motifs is 1. The largest absolute Gasteiger partial charge is 0.330 e. The van der Waals surface area contributed by atoms with E-state index in [1.165, 1.54) is 18.2 Å². The number of benzene rings is 3. The van der Waals surface area contributed by atoms with Crippen LogP contribution < -0.4 is 20.7 Å². The number of para-hydroxylation sites is 2. The SMILES string of the molecule is NCCCc1ccc(NC(=O)C[C@@H]2C(=O)Nc3ccccc3N2S(=O)(=O)c2ccc(Cl)c(Cl)c2)cc1. The molecule has 1 atom stereocenters. The number of carbonyl (C=O) groups excluding carboxylic acids is 2. The zero-order valence-corrected chi connectivity index (χ0v) is 21.4. The molecule has 1 heterocycles. The molecule has 4 rings (SSSR count). The molecule has 2 amide bonds. The summed E-state index contributed by atoms with van der Waals surface area (Å²) >= 11 is 12.0. The third kappa shape index (κ3) is 5.49. The standard InChI is InChI=1S/C25H24Cl2N4O4S/c26-19-12-11-18(14-20(19)27)36(34,35)31-22-6-2-1-5-21(22)30-25(33)23(31)15-24(32)29-17-9-7-16(8-10-17)4-3-13-28/h1-2,5-12,14,23H,3-4,13,15,28H2,(H,29,32)(H,30,33)/t23-/m1/s1. The van der Waals surface area contributed by atoms with Gasteiger partial charge in [-0.1, -0.05) is 47.5 Å². The maximum Gasteiger partial charge on any atom is 0.265 e. The van der Waals surface area contributed by atoms with Crippen LogP contribution in [0.1, 0.15) is 18.4 Å². The van der Waals surface area contributed by atoms with E-state index in [0.717, 1.165) is 22.7 Å². The van der Waals surface area contributed by atoms with Crippen molar-refractivity contribution in [1.82, 2.24) is 0 Å². The van der Waals surface area contributed by atoms with Crippen LogP contribution in [0.5, 0.6) is 0 Å². The summed E-state index contributed by atoms with van der Waals surface area (Å²) in [5, 5.41) is 5.68. The molecular formula is C25H24Cl2N4O4S. The van der Waals surface area contributed by atoms with Gasteiger partial charge in [0, 0.05) is 5.69 Å². The van der Waals surface area contributed by atoms with Gasteiger partial charge in [-0.2, -0.15) is 0 Å². The van der Waals surface area contributed by atoms with Crippen molar-refractivity contribution in [3.63, 3.8) is 0 Å². The van der Waals surface area contributed by atoms with Gasteiger partial charge in [-0.3, -0.25) is 13.9 Å². The van der Waals surface area contributed by atoms with Crippen LogP contribution in [0, 0.1) is 0 Å². The molecule has 0 bridgehead atoms. The second-order valence-corrected chi connectivity index (χ2v) is 10.9. The Morgan fingerprint density at radius 1 is 1.03 bits per heavy atom. The number of halogens is 2. The Kier molecular flexibility index (Phi) is 7.85. The number of hydrogen-bond donors (Lipinski definition) is 3. The van der Waals surface area contributed by atoms with Gasteiger partial charge in [-0.15, -0.1) is 0 Å². The Morgan fingerprint density at radius 2 is 1.75 bits per heavy atom. The van der Waals surface area contributed by atoms with Crippen LogP contribution in [0.25, 0.3) is 0 Å². The number of aryl methyl sites for hydroxylation is 1. The van der Waals surface area contributed by atoms with E-state index in [1.54, 1.807) is 36.4 Å². The lowest BCUT2D eigenvalue weighted by Crippen LogP contribution is -2.52. The van der Waals surface area contributed by atoms with Crippen molar-refractivity contribution >= 4 is 62.1 Å². The number of rotatable bonds is 8. The number of amides is 2. The Bertz CT molecular complexity index is 1400. The molecule has 0 aromatic heterocycles. The number of carbonyl (C=O) groups is 2. The fraction of sp³-hybridized carbons (Fsp3) is 0.200. The minimum absolute atomic E-state index is 0.0525. The van der Waals surface area contributed by atoms with E-state index >= 15 is 0 Å². The van der Waals surface area contributed by atoms with Crippen LogP contribution >= 0.6 is 23.2 Å². The summed E-state index contributed by atoms with van der Waals surface area (Å²) in [5.74, 6) is -1.14. The molecular weight excluding hydrogens is 523 g/mol. The van der Waals surface area contributed by atoms with Crippen LogP contribution in [-0.4, -0.2) is 32.8 Å². The van der Waals surface area contributed by atoms with Crippen LogP contribution in [0.3, 0.4) is 0 Å². The van der Waals surface area contributed by atoms with Crippen molar-refractivity contribution in [2.24, 2.45) is 5.73 Å². The highest BCUT2D eigenvalue weighted by atomic mass is 35.5. The number of anilines is 3. The van der Waals surface area contributed by atoms with E-state index in [4.69, 9.17) is 28.9 Å². The smallest absolute Gasteiger partial charge is 0.265 e. The highest BCUT2D eigenvalue weighted by Gasteiger charge is 2.42. The predicted molar refractivity (Wildman–Crippen MR) is 142 cm³/mol. The lowest BCUT2D eigenvalue weighted by Gasteiger charge is -2.36. The number of sulfonamides is 1. The van der Waals surface area contributed by atoms with Gasteiger partial charge < -0.3 is 16.4 Å². The molecule has 0 fully saturated rings. The molecule has 188 valence electrons. The van der Waals surface area contributed by atoms with Crippen molar-refractivity contribution in [2.45, 2.75) is 30.2 Å². The molecule has 0 saturated carbocycles. The van der Waals surface area contributed by atoms with Crippen LogP contribution in [0.2, 0.25) is 10.0 Å². The average molecular weight is 547 g/mol. The van der Waals surface area contributed by atoms with E-state index in [-0.39, 0.29) is 20.6 Å². The quantitative estimate of drug-likeness (QED) is 0.385. The second-order valence-electron chi connectivity index (χ2n) is 8.24. The Balaban J connectivity index is 1.63. The molecule has 0 unspecified atom stereocenters. The summed E-state index contributed by atoms with van der Waals surface area (Å²) in [6.45, 7) is 0.590. The van der Waals surface area contributed by atoms with Crippen molar-refractivity contribution < 1.29 is 18.0 Å². The summed E-state index contributed by atoms with van der Waals surface area (Å²) in [4.78, 5) is 25.8. The first-order valence-corrected chi connectivity index (χ1v) is 13.4. The number of nitrogens with two attached hydrogens (primary N) is 1. The molecule has 8 nitrogen and oxygen atoms in total. The fourth-order valence-corrected chi connectivity index (χ4v) is 5.95. The monoisotopic (exact) mass is 546 g/mol. The molecule has 4 N–H and O–H groups in total. The van der Waals surface area contributed by atoms with Crippen molar-refractivity contribution in [3.8, 4) is 0 Å². The topological polar surface area (TPSA) is 122 Å². The van der Waals surface area contributed by atoms with E-state index in [1.807, 2.05) is 12.1 Å². The molecule has 0 radical (unpaired) electrons. The molecule has 0 aliphatic carbocycles. The summed E-state index contributed by atoms with van der Waals surface area (Å²) in [5.41, 5.74) is 7.72. The molecule has 0 spiro atoms. The molecule has 1 aliphatic heterocycles. The van der Waals surface area contributed by atoms with Gasteiger partial charge in [0.25, 0.3) is 10.0 Å². The highest BCUT2D eigenvalue weighted by molar-refractivity contribution is 7.93. The minimum atomic E-state index is -4.29. The number of nitrogens with one attached hydrogen (secondary N) is 2.